The van der Waals surface area contributed by atoms with Crippen LogP contribution in [-0.2, 0) is 19.7 Å². The van der Waals surface area contributed by atoms with Gasteiger partial charge in [-0.05, 0) is 37.9 Å². The topological polar surface area (TPSA) is 144 Å². The van der Waals surface area contributed by atoms with Gasteiger partial charge in [-0.2, -0.15) is 0 Å². The van der Waals surface area contributed by atoms with Crippen LogP contribution in [0.5, 0.6) is 11.5 Å². The fraction of sp³-hybridized carbons (Fsp3) is 0. The SMILES string of the molecule is C=C(Br)C(=O)Oc1c(S(=O)(=O)[O-])cc2c(c1OC(=O)C(=C)Br)C(=O)c1ccccc1C2=O.[Na+]. The minimum atomic E-state index is -5.40. The Balaban J connectivity index is 0.00000385. The first-order valence-electron chi connectivity index (χ1n) is 8.33. The Labute approximate surface area is 226 Å². The summed E-state index contributed by atoms with van der Waals surface area (Å²) in [6.45, 7) is 6.57. The van der Waals surface area contributed by atoms with Gasteiger partial charge < -0.3 is 14.0 Å². The van der Waals surface area contributed by atoms with Gasteiger partial charge in [-0.3, -0.25) is 9.59 Å². The van der Waals surface area contributed by atoms with Gasteiger partial charge >= 0.3 is 41.5 Å². The Morgan fingerprint density at radius 2 is 1.30 bits per heavy atom. The molecule has 2 aromatic carbocycles. The van der Waals surface area contributed by atoms with Crippen molar-refractivity contribution < 1.29 is 71.2 Å². The number of ketones is 2. The van der Waals surface area contributed by atoms with Crippen molar-refractivity contribution in [3.8, 4) is 11.5 Å². The van der Waals surface area contributed by atoms with Gasteiger partial charge in [0.2, 0.25) is 0 Å². The van der Waals surface area contributed by atoms with Crippen LogP contribution in [0.3, 0.4) is 0 Å². The van der Waals surface area contributed by atoms with E-state index in [1.54, 1.807) is 0 Å². The monoisotopic (exact) mass is 606 g/mol. The van der Waals surface area contributed by atoms with Crippen LogP contribution in [0.15, 0.2) is 57.3 Å². The van der Waals surface area contributed by atoms with Crippen molar-refractivity contribution in [3.05, 3.63) is 74.7 Å². The Hall–Kier alpha value is -1.93. The fourth-order valence-corrected chi connectivity index (χ4v) is 3.64. The van der Waals surface area contributed by atoms with Crippen LogP contribution in [0.2, 0.25) is 0 Å². The van der Waals surface area contributed by atoms with Gasteiger partial charge in [0.1, 0.15) is 15.0 Å². The number of fused-ring (bicyclic) bond motifs is 2. The summed E-state index contributed by atoms with van der Waals surface area (Å²) in [5.41, 5.74) is -1.21. The molecule has 164 valence electrons. The van der Waals surface area contributed by atoms with Crippen LogP contribution in [0, 0.1) is 0 Å². The first-order valence-corrected chi connectivity index (χ1v) is 11.3. The standard InChI is InChI=1S/C20H10Br2O9S.Na/c1-8(21)19(25)30-17-13(32(27,28)29)7-12-14(18(17)31-20(26)9(2)22)16(24)11-6-4-3-5-10(11)15(12)23;/h3-7H,1-2H2,(H,27,28,29);/q;+1/p-1. The molecule has 0 unspecified atom stereocenters. The van der Waals surface area contributed by atoms with Crippen molar-refractivity contribution >= 4 is 65.5 Å². The Bertz CT molecular complexity index is 1380. The van der Waals surface area contributed by atoms with Crippen LogP contribution in [0.4, 0.5) is 0 Å². The molecule has 1 aliphatic rings. The van der Waals surface area contributed by atoms with E-state index in [2.05, 4.69) is 45.0 Å². The summed E-state index contributed by atoms with van der Waals surface area (Å²) in [6, 6.07) is 6.23. The van der Waals surface area contributed by atoms with E-state index in [0.29, 0.717) is 6.07 Å². The molecule has 0 heterocycles. The zero-order valence-electron chi connectivity index (χ0n) is 16.6. The van der Waals surface area contributed by atoms with E-state index in [-0.39, 0.29) is 49.6 Å². The molecule has 0 N–H and O–H groups in total. The molecular weight excluding hydrogens is 599 g/mol. The van der Waals surface area contributed by atoms with Gasteiger partial charge in [0, 0.05) is 16.7 Å². The third-order valence-electron chi connectivity index (χ3n) is 4.19. The van der Waals surface area contributed by atoms with Crippen molar-refractivity contribution in [2.75, 3.05) is 0 Å². The van der Waals surface area contributed by atoms with E-state index < -0.39 is 61.1 Å². The number of carbonyl (C=O) groups is 4. The van der Waals surface area contributed by atoms with E-state index in [9.17, 15) is 32.1 Å². The minimum Gasteiger partial charge on any atom is -0.744 e. The maximum absolute atomic E-state index is 13.2. The van der Waals surface area contributed by atoms with Gasteiger partial charge in [-0.15, -0.1) is 0 Å². The number of benzene rings is 2. The van der Waals surface area contributed by atoms with Crippen LogP contribution >= 0.6 is 31.9 Å². The predicted octanol–water partition coefficient (Wildman–Crippen LogP) is -0.00190. The van der Waals surface area contributed by atoms with E-state index >= 15 is 0 Å². The number of halogens is 2. The molecule has 3 rings (SSSR count). The summed E-state index contributed by atoms with van der Waals surface area (Å²) in [7, 11) is -5.40. The molecule has 13 heteroatoms. The van der Waals surface area contributed by atoms with Crippen LogP contribution in [-0.4, -0.2) is 36.5 Å². The van der Waals surface area contributed by atoms with Crippen molar-refractivity contribution in [2.24, 2.45) is 0 Å². The molecule has 2 aromatic rings. The molecule has 0 fully saturated rings. The number of hydrogen-bond acceptors (Lipinski definition) is 9. The molecule has 0 atom stereocenters. The van der Waals surface area contributed by atoms with Gasteiger partial charge in [0.25, 0.3) is 0 Å². The van der Waals surface area contributed by atoms with E-state index in [1.807, 2.05) is 0 Å². The first-order chi connectivity index (χ1) is 14.8. The maximum atomic E-state index is 13.2. The third kappa shape index (κ3) is 5.27. The molecule has 0 spiro atoms. The van der Waals surface area contributed by atoms with Crippen molar-refractivity contribution in [2.45, 2.75) is 4.90 Å². The summed E-state index contributed by atoms with van der Waals surface area (Å²) in [5.74, 6) is -6.05. The summed E-state index contributed by atoms with van der Waals surface area (Å²) in [4.78, 5) is 49.3. The predicted molar refractivity (Wildman–Crippen MR) is 115 cm³/mol. The summed E-state index contributed by atoms with van der Waals surface area (Å²) >= 11 is 5.51. The molecule has 0 aliphatic heterocycles. The maximum Gasteiger partial charge on any atom is 1.00 e. The zero-order valence-corrected chi connectivity index (χ0v) is 22.6. The Morgan fingerprint density at radius 1 is 0.848 bits per heavy atom. The second-order valence-electron chi connectivity index (χ2n) is 6.20. The van der Waals surface area contributed by atoms with Gasteiger partial charge in [-0.1, -0.05) is 37.4 Å². The molecule has 0 amide bonds. The first kappa shape index (κ1) is 27.3. The van der Waals surface area contributed by atoms with Gasteiger partial charge in [-0.25, -0.2) is 18.0 Å². The second kappa shape index (κ2) is 10.1. The van der Waals surface area contributed by atoms with E-state index in [0.717, 1.165) is 0 Å². The molecule has 0 aromatic heterocycles. The smallest absolute Gasteiger partial charge is 0.744 e. The number of esters is 2. The van der Waals surface area contributed by atoms with Gasteiger partial charge in [0.15, 0.2) is 23.1 Å². The van der Waals surface area contributed by atoms with Crippen LogP contribution in [0.25, 0.3) is 0 Å². The van der Waals surface area contributed by atoms with Crippen molar-refractivity contribution in [1.82, 2.24) is 0 Å². The molecule has 0 saturated carbocycles. The fourth-order valence-electron chi connectivity index (χ4n) is 2.86. The molecular formula is C20H9Br2NaO9S. The van der Waals surface area contributed by atoms with Gasteiger partial charge in [0.05, 0.1) is 14.5 Å². The quantitative estimate of drug-likeness (QED) is 0.129. The van der Waals surface area contributed by atoms with E-state index in [1.165, 1.54) is 24.3 Å². The average Bonchev–Trinajstić information content (AvgIpc) is 2.71. The minimum absolute atomic E-state index is 0. The molecule has 0 saturated heterocycles. The average molecular weight is 608 g/mol. The van der Waals surface area contributed by atoms with Crippen molar-refractivity contribution in [1.29, 1.82) is 0 Å². The molecule has 0 bridgehead atoms. The zero-order chi connectivity index (χ0) is 24.0. The molecule has 1 aliphatic carbocycles. The molecule has 0 radical (unpaired) electrons. The van der Waals surface area contributed by atoms with Crippen LogP contribution in [0.1, 0.15) is 31.8 Å². The van der Waals surface area contributed by atoms with E-state index in [4.69, 9.17) is 9.47 Å². The number of rotatable bonds is 5. The summed E-state index contributed by atoms with van der Waals surface area (Å²) < 4.78 is 45.1. The second-order valence-corrected chi connectivity index (χ2v) is 9.46. The number of carbonyl (C=O) groups excluding carboxylic acids is 4. The normalized spacial score (nSPS) is 12.1. The van der Waals surface area contributed by atoms with Crippen LogP contribution < -0.4 is 39.0 Å². The summed E-state index contributed by atoms with van der Waals surface area (Å²) in [5, 5.41) is 0. The number of hydrogen-bond donors (Lipinski definition) is 0. The Morgan fingerprint density at radius 3 is 1.76 bits per heavy atom. The summed E-state index contributed by atoms with van der Waals surface area (Å²) in [6.07, 6.45) is 0. The number of ether oxygens (including phenoxy) is 2. The van der Waals surface area contributed by atoms with Crippen molar-refractivity contribution in [3.63, 3.8) is 0 Å². The molecule has 9 nitrogen and oxygen atoms in total. The Kier molecular flexibility index (Phi) is 8.39. The largest absolute Gasteiger partial charge is 1.00 e. The third-order valence-corrected chi connectivity index (χ3v) is 5.68. The molecule has 33 heavy (non-hydrogen) atoms.